The Morgan fingerprint density at radius 2 is 2.04 bits per heavy atom. The van der Waals surface area contributed by atoms with Crippen molar-refractivity contribution in [3.63, 3.8) is 0 Å². The van der Waals surface area contributed by atoms with Gasteiger partial charge >= 0.3 is 5.97 Å². The number of carboxylic acids is 1. The van der Waals surface area contributed by atoms with Crippen molar-refractivity contribution in [2.45, 2.75) is 69.2 Å². The van der Waals surface area contributed by atoms with Crippen molar-refractivity contribution < 1.29 is 19.5 Å². The van der Waals surface area contributed by atoms with Crippen LogP contribution in [0.15, 0.2) is 23.2 Å². The molecule has 8 nitrogen and oxygen atoms in total. The maximum atomic E-state index is 11.5. The van der Waals surface area contributed by atoms with Crippen LogP contribution in [-0.2, 0) is 16.1 Å². The van der Waals surface area contributed by atoms with Crippen LogP contribution < -0.4 is 21.7 Å². The molecule has 28 heavy (non-hydrogen) atoms. The maximum absolute atomic E-state index is 11.5. The number of amidine groups is 1. The Kier molecular flexibility index (Phi) is 6.22. The van der Waals surface area contributed by atoms with Crippen molar-refractivity contribution in [1.29, 1.82) is 0 Å². The lowest BCUT2D eigenvalue weighted by atomic mass is 9.90. The Morgan fingerprint density at radius 3 is 2.64 bits per heavy atom. The van der Waals surface area contributed by atoms with Gasteiger partial charge in [0.2, 0.25) is 5.60 Å². The van der Waals surface area contributed by atoms with E-state index in [2.05, 4.69) is 5.32 Å². The van der Waals surface area contributed by atoms with Gasteiger partial charge < -0.3 is 20.9 Å². The fraction of sp³-hybridized carbons (Fsp3) is 0.600. The highest BCUT2D eigenvalue weighted by Crippen LogP contribution is 2.33. The summed E-state index contributed by atoms with van der Waals surface area (Å²) in [6.45, 7) is 1.42. The van der Waals surface area contributed by atoms with Gasteiger partial charge in [-0.3, -0.25) is 9.83 Å². The molecule has 0 saturated heterocycles. The molecule has 2 atom stereocenters. The van der Waals surface area contributed by atoms with Crippen molar-refractivity contribution in [1.82, 2.24) is 5.32 Å². The lowest BCUT2D eigenvalue weighted by Gasteiger charge is -2.35. The normalized spacial score (nSPS) is 27.4. The quantitative estimate of drug-likeness (QED) is 0.327. The molecule has 6 N–H and O–H groups in total. The molecule has 0 amide bonds. The predicted octanol–water partition coefficient (Wildman–Crippen LogP) is 1.35. The number of rotatable bonds is 6. The molecule has 1 saturated carbocycles. The second kappa shape index (κ2) is 8.46. The molecule has 0 radical (unpaired) electrons. The first-order valence-corrected chi connectivity index (χ1v) is 9.79. The number of fused-ring (bicyclic) bond motifs is 1. The van der Waals surface area contributed by atoms with Crippen LogP contribution in [0.25, 0.3) is 0 Å². The molecule has 8 heteroatoms. The zero-order chi connectivity index (χ0) is 20.3. The molecular weight excluding hydrogens is 360 g/mol. The van der Waals surface area contributed by atoms with Crippen molar-refractivity contribution in [3.8, 4) is 5.75 Å². The highest BCUT2D eigenvalue weighted by Gasteiger charge is 2.46. The summed E-state index contributed by atoms with van der Waals surface area (Å²) in [5.41, 5.74) is 6.52. The molecule has 154 valence electrons. The van der Waals surface area contributed by atoms with Gasteiger partial charge in [0.25, 0.3) is 0 Å². The van der Waals surface area contributed by atoms with Gasteiger partial charge in [-0.05, 0) is 76.3 Å². The molecule has 1 aromatic rings. The Hall–Kier alpha value is -2.16. The molecular formula is C20H30N4O4. The van der Waals surface area contributed by atoms with E-state index >= 15 is 0 Å². The van der Waals surface area contributed by atoms with Crippen LogP contribution in [-0.4, -0.2) is 47.7 Å². The van der Waals surface area contributed by atoms with Crippen LogP contribution in [0, 0.1) is 0 Å². The van der Waals surface area contributed by atoms with Gasteiger partial charge in [0.05, 0.1) is 6.04 Å². The van der Waals surface area contributed by atoms with Gasteiger partial charge in [-0.15, -0.1) is 0 Å². The van der Waals surface area contributed by atoms with E-state index in [1.165, 1.54) is 6.92 Å². The van der Waals surface area contributed by atoms with Crippen molar-refractivity contribution in [3.05, 3.63) is 29.3 Å². The summed E-state index contributed by atoms with van der Waals surface area (Å²) in [5, 5.41) is 12.7. The van der Waals surface area contributed by atoms with E-state index in [1.54, 1.807) is 0 Å². The van der Waals surface area contributed by atoms with Crippen LogP contribution in [0.3, 0.4) is 0 Å². The van der Waals surface area contributed by atoms with Gasteiger partial charge in [0.15, 0.2) is 0 Å². The molecule has 1 aliphatic carbocycles. The number of hydrogen-bond donors (Lipinski definition) is 4. The molecule has 3 rings (SSSR count). The van der Waals surface area contributed by atoms with E-state index in [0.717, 1.165) is 36.8 Å². The number of carbonyl (C=O) groups is 1. The van der Waals surface area contributed by atoms with Crippen molar-refractivity contribution in [2.24, 2.45) is 16.6 Å². The lowest BCUT2D eigenvalue weighted by Crippen LogP contribution is -2.54. The summed E-state index contributed by atoms with van der Waals surface area (Å²) in [6.07, 6.45) is 4.78. The zero-order valence-corrected chi connectivity index (χ0v) is 16.5. The minimum absolute atomic E-state index is 0.263. The van der Waals surface area contributed by atoms with E-state index < -0.39 is 17.7 Å². The number of aliphatic imine (C=N–C) groups is 1. The molecule has 1 aromatic carbocycles. The second-order valence-corrected chi connectivity index (χ2v) is 7.81. The lowest BCUT2D eigenvalue weighted by molar-refractivity contribution is -0.179. The molecule has 0 spiro atoms. The molecule has 0 aromatic heterocycles. The monoisotopic (exact) mass is 390 g/mol. The molecule has 0 unspecified atom stereocenters. The molecule has 1 aliphatic heterocycles. The minimum Gasteiger partial charge on any atom is -0.486 e. The van der Waals surface area contributed by atoms with Crippen LogP contribution in [0.1, 0.15) is 50.2 Å². The number of hydrogen-bond acceptors (Lipinski definition) is 6. The predicted molar refractivity (Wildman–Crippen MR) is 106 cm³/mol. The van der Waals surface area contributed by atoms with Gasteiger partial charge in [-0.1, -0.05) is 0 Å². The average molecular weight is 390 g/mol. The zero-order valence-electron chi connectivity index (χ0n) is 16.5. The van der Waals surface area contributed by atoms with E-state index in [-0.39, 0.29) is 6.04 Å². The highest BCUT2D eigenvalue weighted by atomic mass is 16.7. The Labute approximate surface area is 165 Å². The number of ether oxygens (including phenoxy) is 1. The highest BCUT2D eigenvalue weighted by molar-refractivity contribution is 5.98. The summed E-state index contributed by atoms with van der Waals surface area (Å²) in [6, 6.07) is 6.50. The number of nitrogens with two attached hydrogens (primary N) is 2. The Morgan fingerprint density at radius 1 is 1.32 bits per heavy atom. The molecule has 1 fully saturated rings. The largest absolute Gasteiger partial charge is 0.486 e. The van der Waals surface area contributed by atoms with Crippen LogP contribution in [0.4, 0.5) is 0 Å². The number of nitrogens with one attached hydrogen (secondary N) is 1. The molecule has 0 bridgehead atoms. The van der Waals surface area contributed by atoms with Gasteiger partial charge in [-0.25, -0.2) is 10.7 Å². The first-order chi connectivity index (χ1) is 13.4. The SMILES string of the molecule is CNC1CCC(N=C(N)c2ccc3c(c2)CC[C@H]([C@](C)(ON)C(=O)O)O3)CC1. The van der Waals surface area contributed by atoms with Crippen LogP contribution in [0.5, 0.6) is 5.75 Å². The number of carboxylic acid groups (broad SMARTS) is 1. The van der Waals surface area contributed by atoms with E-state index in [0.29, 0.717) is 30.5 Å². The summed E-state index contributed by atoms with van der Waals surface area (Å²) < 4.78 is 5.88. The van der Waals surface area contributed by atoms with E-state index in [1.807, 2.05) is 25.2 Å². The third-order valence-corrected chi connectivity index (χ3v) is 6.01. The number of aryl methyl sites for hydroxylation is 1. The van der Waals surface area contributed by atoms with E-state index in [9.17, 15) is 9.90 Å². The first-order valence-electron chi connectivity index (χ1n) is 9.79. The van der Waals surface area contributed by atoms with Crippen LogP contribution in [0.2, 0.25) is 0 Å². The molecule has 2 aliphatic rings. The first kappa shape index (κ1) is 20.6. The average Bonchev–Trinajstić information content (AvgIpc) is 2.72. The van der Waals surface area contributed by atoms with Gasteiger partial charge in [0, 0.05) is 11.6 Å². The third-order valence-electron chi connectivity index (χ3n) is 6.01. The standard InChI is InChI=1S/C20H30N4O4/c1-20(28-22,19(25)26)17-10-4-12-11-13(3-9-16(12)27-17)18(21)24-15-7-5-14(23-2)6-8-15/h3,9,11,14-15,17,23H,4-8,10,22H2,1-2H3,(H2,21,24)(H,25,26)/t14?,15?,17-,20+/m1/s1. The third kappa shape index (κ3) is 4.14. The Balaban J connectivity index is 1.71. The fourth-order valence-corrected chi connectivity index (χ4v) is 3.96. The van der Waals surface area contributed by atoms with Crippen LogP contribution >= 0.6 is 0 Å². The maximum Gasteiger partial charge on any atom is 0.341 e. The minimum atomic E-state index is -1.59. The van der Waals surface area contributed by atoms with Gasteiger partial charge in [-0.2, -0.15) is 0 Å². The van der Waals surface area contributed by atoms with E-state index in [4.69, 9.17) is 26.2 Å². The smallest absolute Gasteiger partial charge is 0.341 e. The Bertz CT molecular complexity index is 746. The van der Waals surface area contributed by atoms with Gasteiger partial charge in [0.1, 0.15) is 17.7 Å². The fourth-order valence-electron chi connectivity index (χ4n) is 3.96. The number of benzene rings is 1. The summed E-state index contributed by atoms with van der Waals surface area (Å²) >= 11 is 0. The number of nitrogens with zero attached hydrogens (tertiary/aromatic N) is 1. The van der Waals surface area contributed by atoms with Crippen molar-refractivity contribution >= 4 is 11.8 Å². The summed E-state index contributed by atoms with van der Waals surface area (Å²) in [5.74, 6) is 5.25. The summed E-state index contributed by atoms with van der Waals surface area (Å²) in [7, 11) is 2.00. The summed E-state index contributed by atoms with van der Waals surface area (Å²) in [4.78, 5) is 21.0. The van der Waals surface area contributed by atoms with Crippen molar-refractivity contribution in [2.75, 3.05) is 7.05 Å². The molecule has 1 heterocycles. The topological polar surface area (TPSA) is 132 Å². The second-order valence-electron chi connectivity index (χ2n) is 7.81. The number of aliphatic carboxylic acids is 1.